The molecule has 1 fully saturated rings. The Morgan fingerprint density at radius 1 is 1.09 bits per heavy atom. The molecule has 0 atom stereocenters. The molecule has 0 radical (unpaired) electrons. The number of nitrogens with one attached hydrogen (secondary N) is 1. The number of amides is 1. The van der Waals surface area contributed by atoms with E-state index in [1.165, 1.54) is 16.4 Å². The highest BCUT2D eigenvalue weighted by Gasteiger charge is 2.34. The third-order valence-corrected chi connectivity index (χ3v) is 8.63. The summed E-state index contributed by atoms with van der Waals surface area (Å²) >= 11 is 12.2. The second-order valence-electron chi connectivity index (χ2n) is 8.15. The number of piperidine rings is 1. The molecule has 6 nitrogen and oxygen atoms in total. The van der Waals surface area contributed by atoms with Crippen molar-refractivity contribution in [2.24, 2.45) is 5.92 Å². The highest BCUT2D eigenvalue weighted by atomic mass is 35.5. The van der Waals surface area contributed by atoms with Crippen LogP contribution in [0.5, 0.6) is 0 Å². The maximum atomic E-state index is 13.0. The quantitative estimate of drug-likeness (QED) is 0.565. The standard InChI is InChI=1S/C23H29Cl2N3O3S/c1-4-28(16(2)3)19-10-8-18(9-11-19)26-23(29)17-12-14-27(15-13-17)32(30,31)22-20(24)6-5-7-21(22)25/h5-11,16-17H,4,12-15H2,1-3H3,(H,26,29). The van der Waals surface area contributed by atoms with Gasteiger partial charge in [-0.15, -0.1) is 0 Å². The molecule has 0 aromatic heterocycles. The van der Waals surface area contributed by atoms with E-state index in [9.17, 15) is 13.2 Å². The van der Waals surface area contributed by atoms with Gasteiger partial charge in [-0.05, 0) is 70.0 Å². The molecule has 2 aromatic carbocycles. The first-order chi connectivity index (χ1) is 15.1. The van der Waals surface area contributed by atoms with Crippen molar-refractivity contribution in [3.8, 4) is 0 Å². The zero-order chi connectivity index (χ0) is 23.5. The Kier molecular flexibility index (Phi) is 8.09. The minimum atomic E-state index is -3.82. The molecule has 2 aromatic rings. The predicted octanol–water partition coefficient (Wildman–Crippen LogP) is 5.27. The van der Waals surface area contributed by atoms with Crippen LogP contribution in [0.25, 0.3) is 0 Å². The topological polar surface area (TPSA) is 69.7 Å². The lowest BCUT2D eigenvalue weighted by atomic mass is 9.97. The molecule has 1 aliphatic heterocycles. The Hall–Kier alpha value is -1.80. The number of carbonyl (C=O) groups excluding carboxylic acids is 1. The van der Waals surface area contributed by atoms with E-state index in [4.69, 9.17) is 23.2 Å². The number of hydrogen-bond donors (Lipinski definition) is 1. The van der Waals surface area contributed by atoms with Crippen LogP contribution in [0.1, 0.15) is 33.6 Å². The van der Waals surface area contributed by atoms with Gasteiger partial charge in [-0.25, -0.2) is 8.42 Å². The van der Waals surface area contributed by atoms with Crippen LogP contribution < -0.4 is 10.2 Å². The van der Waals surface area contributed by atoms with Gasteiger partial charge in [-0.1, -0.05) is 29.3 Å². The predicted molar refractivity (Wildman–Crippen MR) is 131 cm³/mol. The molecule has 3 rings (SSSR count). The Morgan fingerprint density at radius 3 is 2.16 bits per heavy atom. The minimum absolute atomic E-state index is 0.0751. The van der Waals surface area contributed by atoms with Crippen LogP contribution in [0.4, 0.5) is 11.4 Å². The zero-order valence-electron chi connectivity index (χ0n) is 18.5. The Balaban J connectivity index is 1.61. The van der Waals surface area contributed by atoms with E-state index < -0.39 is 10.0 Å². The lowest BCUT2D eigenvalue weighted by Gasteiger charge is -2.31. The summed E-state index contributed by atoms with van der Waals surface area (Å²) < 4.78 is 27.4. The summed E-state index contributed by atoms with van der Waals surface area (Å²) in [6.45, 7) is 7.78. The molecule has 0 aliphatic carbocycles. The smallest absolute Gasteiger partial charge is 0.246 e. The first-order valence-corrected chi connectivity index (χ1v) is 13.0. The van der Waals surface area contributed by atoms with Crippen molar-refractivity contribution >= 4 is 50.5 Å². The highest BCUT2D eigenvalue weighted by molar-refractivity contribution is 7.89. The van der Waals surface area contributed by atoms with Crippen molar-refractivity contribution in [1.82, 2.24) is 4.31 Å². The van der Waals surface area contributed by atoms with Gasteiger partial charge in [0.2, 0.25) is 15.9 Å². The molecule has 0 saturated carbocycles. The molecule has 1 saturated heterocycles. The largest absolute Gasteiger partial charge is 0.369 e. The molecular weight excluding hydrogens is 469 g/mol. The highest BCUT2D eigenvalue weighted by Crippen LogP contribution is 2.33. The van der Waals surface area contributed by atoms with Crippen molar-refractivity contribution < 1.29 is 13.2 Å². The van der Waals surface area contributed by atoms with Gasteiger partial charge in [-0.2, -0.15) is 4.31 Å². The van der Waals surface area contributed by atoms with E-state index in [2.05, 4.69) is 31.0 Å². The van der Waals surface area contributed by atoms with Crippen LogP contribution in [0, 0.1) is 5.92 Å². The number of hydrogen-bond acceptors (Lipinski definition) is 4. The van der Waals surface area contributed by atoms with Gasteiger partial charge in [0.1, 0.15) is 4.90 Å². The second kappa shape index (κ2) is 10.4. The summed E-state index contributed by atoms with van der Waals surface area (Å²) in [5.41, 5.74) is 1.84. The van der Waals surface area contributed by atoms with E-state index in [1.807, 2.05) is 24.3 Å². The number of nitrogens with zero attached hydrogens (tertiary/aromatic N) is 2. The van der Waals surface area contributed by atoms with Crippen LogP contribution >= 0.6 is 23.2 Å². The van der Waals surface area contributed by atoms with Crippen molar-refractivity contribution in [2.45, 2.75) is 44.6 Å². The number of rotatable bonds is 7. The van der Waals surface area contributed by atoms with Crippen LogP contribution in [0.2, 0.25) is 10.0 Å². The molecule has 1 amide bonds. The van der Waals surface area contributed by atoms with Gasteiger partial charge >= 0.3 is 0 Å². The van der Waals surface area contributed by atoms with Crippen LogP contribution in [0.15, 0.2) is 47.4 Å². The number of carbonyl (C=O) groups is 1. The van der Waals surface area contributed by atoms with Gasteiger partial charge in [0.05, 0.1) is 10.0 Å². The zero-order valence-corrected chi connectivity index (χ0v) is 20.8. The summed E-state index contributed by atoms with van der Waals surface area (Å²) in [5.74, 6) is -0.354. The normalized spacial score (nSPS) is 15.7. The maximum Gasteiger partial charge on any atom is 0.246 e. The molecule has 1 aliphatic rings. The average Bonchev–Trinajstić information content (AvgIpc) is 2.75. The molecule has 32 heavy (non-hydrogen) atoms. The summed E-state index contributed by atoms with van der Waals surface area (Å²) in [6.07, 6.45) is 0.865. The number of halogens is 2. The summed E-state index contributed by atoms with van der Waals surface area (Å²) in [4.78, 5) is 14.9. The fourth-order valence-electron chi connectivity index (χ4n) is 4.04. The maximum absolute atomic E-state index is 13.0. The van der Waals surface area contributed by atoms with Gasteiger partial charge in [0.25, 0.3) is 0 Å². The van der Waals surface area contributed by atoms with Crippen LogP contribution in [0.3, 0.4) is 0 Å². The Labute approximate surface area is 200 Å². The molecule has 1 heterocycles. The third-order valence-electron chi connectivity index (χ3n) is 5.77. The van der Waals surface area contributed by atoms with E-state index in [0.717, 1.165) is 17.9 Å². The Bertz CT molecular complexity index is 1030. The molecule has 9 heteroatoms. The second-order valence-corrected chi connectivity index (χ2v) is 10.8. The van der Waals surface area contributed by atoms with Crippen molar-refractivity contribution in [1.29, 1.82) is 0 Å². The number of sulfonamides is 1. The van der Waals surface area contributed by atoms with Gasteiger partial charge < -0.3 is 10.2 Å². The van der Waals surface area contributed by atoms with Gasteiger partial charge in [0.15, 0.2) is 0 Å². The molecule has 1 N–H and O–H groups in total. The molecular formula is C23H29Cl2N3O3S. The van der Waals surface area contributed by atoms with Gasteiger partial charge in [0, 0.05) is 43.0 Å². The minimum Gasteiger partial charge on any atom is -0.369 e. The Morgan fingerprint density at radius 2 is 1.66 bits per heavy atom. The average molecular weight is 498 g/mol. The van der Waals surface area contributed by atoms with Gasteiger partial charge in [-0.3, -0.25) is 4.79 Å². The van der Waals surface area contributed by atoms with Crippen molar-refractivity contribution in [3.05, 3.63) is 52.5 Å². The fraction of sp³-hybridized carbons (Fsp3) is 0.435. The van der Waals surface area contributed by atoms with E-state index in [0.29, 0.717) is 18.9 Å². The van der Waals surface area contributed by atoms with E-state index in [-0.39, 0.29) is 39.9 Å². The summed E-state index contributed by atoms with van der Waals surface area (Å²) in [6, 6.07) is 12.8. The first-order valence-electron chi connectivity index (χ1n) is 10.8. The number of anilines is 2. The lowest BCUT2D eigenvalue weighted by molar-refractivity contribution is -0.120. The van der Waals surface area contributed by atoms with E-state index >= 15 is 0 Å². The fourth-order valence-corrected chi connectivity index (χ4v) is 6.60. The molecule has 0 unspecified atom stereocenters. The van der Waals surface area contributed by atoms with Crippen LogP contribution in [-0.4, -0.2) is 44.3 Å². The first kappa shape index (κ1) is 24.8. The molecule has 0 bridgehead atoms. The van der Waals surface area contributed by atoms with Crippen molar-refractivity contribution in [2.75, 3.05) is 29.9 Å². The van der Waals surface area contributed by atoms with E-state index in [1.54, 1.807) is 6.07 Å². The molecule has 174 valence electrons. The lowest BCUT2D eigenvalue weighted by Crippen LogP contribution is -2.41. The number of benzene rings is 2. The summed E-state index contributed by atoms with van der Waals surface area (Å²) in [5, 5.41) is 3.16. The third kappa shape index (κ3) is 5.39. The SMILES string of the molecule is CCN(c1ccc(NC(=O)C2CCN(S(=O)(=O)c3c(Cl)cccc3Cl)CC2)cc1)C(C)C. The van der Waals surface area contributed by atoms with Crippen LogP contribution in [-0.2, 0) is 14.8 Å². The summed E-state index contributed by atoms with van der Waals surface area (Å²) in [7, 11) is -3.82. The van der Waals surface area contributed by atoms with Crippen molar-refractivity contribution in [3.63, 3.8) is 0 Å². The monoisotopic (exact) mass is 497 g/mol. The molecule has 0 spiro atoms.